The first-order valence-corrected chi connectivity index (χ1v) is 9.31. The van der Waals surface area contributed by atoms with E-state index in [1.807, 2.05) is 36.4 Å². The van der Waals surface area contributed by atoms with E-state index in [0.717, 1.165) is 21.9 Å². The maximum atomic E-state index is 13.0. The van der Waals surface area contributed by atoms with Gasteiger partial charge in [0.2, 0.25) is 0 Å². The number of fused-ring (bicyclic) bond motifs is 3. The Hall–Kier alpha value is -3.85. The van der Waals surface area contributed by atoms with Gasteiger partial charge in [-0.15, -0.1) is 0 Å². The van der Waals surface area contributed by atoms with Crippen LogP contribution >= 0.6 is 0 Å². The summed E-state index contributed by atoms with van der Waals surface area (Å²) in [6, 6.07) is 13.6. The van der Waals surface area contributed by atoms with Crippen LogP contribution in [0.4, 0.5) is 5.69 Å². The minimum Gasteiger partial charge on any atom is -0.462 e. The van der Waals surface area contributed by atoms with Crippen molar-refractivity contribution >= 4 is 28.4 Å². The summed E-state index contributed by atoms with van der Waals surface area (Å²) in [6.45, 7) is 3.58. The molecule has 0 spiro atoms. The van der Waals surface area contributed by atoms with Gasteiger partial charge in [-0.2, -0.15) is 5.26 Å². The van der Waals surface area contributed by atoms with Gasteiger partial charge in [0.05, 0.1) is 35.6 Å². The van der Waals surface area contributed by atoms with E-state index in [1.165, 1.54) is 0 Å². The van der Waals surface area contributed by atoms with Gasteiger partial charge in [0, 0.05) is 11.1 Å². The van der Waals surface area contributed by atoms with E-state index in [4.69, 9.17) is 15.2 Å². The highest BCUT2D eigenvalue weighted by atomic mass is 16.5. The van der Waals surface area contributed by atoms with E-state index in [1.54, 1.807) is 13.8 Å². The van der Waals surface area contributed by atoms with Crippen molar-refractivity contribution in [2.24, 2.45) is 0 Å². The Morgan fingerprint density at radius 1 is 0.931 bits per heavy atom. The number of nitriles is 1. The van der Waals surface area contributed by atoms with Gasteiger partial charge in [-0.3, -0.25) is 0 Å². The smallest absolute Gasteiger partial charge is 0.341 e. The number of anilines is 1. The molecule has 0 radical (unpaired) electrons. The molecule has 6 nitrogen and oxygen atoms in total. The standard InChI is InChI=1S/C23H18N2O4/c1-3-28-22(26)19-18-14-10-6-8-12-7-5-9-13(16(12)14)17(18)15(11-24)21(25)20(19)23(27)29-4-2/h5-10H,3-4,25H2,1-2H3. The maximum Gasteiger partial charge on any atom is 0.341 e. The van der Waals surface area contributed by atoms with Crippen molar-refractivity contribution < 1.29 is 19.1 Å². The number of hydrogen-bond donors (Lipinski definition) is 1. The Kier molecular flexibility index (Phi) is 4.44. The lowest BCUT2D eigenvalue weighted by Gasteiger charge is -2.18. The highest BCUT2D eigenvalue weighted by Gasteiger charge is 2.36. The topological polar surface area (TPSA) is 102 Å². The first kappa shape index (κ1) is 18.5. The van der Waals surface area contributed by atoms with Gasteiger partial charge < -0.3 is 15.2 Å². The van der Waals surface area contributed by atoms with Crippen LogP contribution < -0.4 is 5.73 Å². The molecule has 3 aromatic rings. The van der Waals surface area contributed by atoms with E-state index >= 15 is 0 Å². The lowest BCUT2D eigenvalue weighted by Crippen LogP contribution is -2.19. The highest BCUT2D eigenvalue weighted by molar-refractivity contribution is 6.24. The van der Waals surface area contributed by atoms with Crippen LogP contribution in [-0.2, 0) is 9.47 Å². The minimum atomic E-state index is -0.754. The normalized spacial score (nSPS) is 11.1. The number of nitrogen functional groups attached to an aromatic ring is 1. The monoisotopic (exact) mass is 386 g/mol. The van der Waals surface area contributed by atoms with Crippen molar-refractivity contribution in [3.8, 4) is 28.3 Å². The summed E-state index contributed by atoms with van der Waals surface area (Å²) in [5.74, 6) is -1.43. The zero-order valence-electron chi connectivity index (χ0n) is 16.0. The molecule has 0 fully saturated rings. The molecule has 1 aliphatic rings. The van der Waals surface area contributed by atoms with Crippen molar-refractivity contribution in [1.29, 1.82) is 5.26 Å². The number of rotatable bonds is 4. The Bertz CT molecular complexity index is 1230. The van der Waals surface area contributed by atoms with Crippen molar-refractivity contribution in [2.45, 2.75) is 13.8 Å². The molecule has 0 amide bonds. The quantitative estimate of drug-likeness (QED) is 0.414. The summed E-state index contributed by atoms with van der Waals surface area (Å²) in [5, 5.41) is 11.8. The van der Waals surface area contributed by atoms with Crippen molar-refractivity contribution in [3.05, 3.63) is 53.1 Å². The molecule has 144 valence electrons. The van der Waals surface area contributed by atoms with Crippen LogP contribution in [0.15, 0.2) is 36.4 Å². The second kappa shape index (κ2) is 6.95. The molecule has 6 heteroatoms. The molecule has 0 saturated carbocycles. The molecular weight excluding hydrogens is 368 g/mol. The summed E-state index contributed by atoms with van der Waals surface area (Å²) >= 11 is 0. The predicted octanol–water partition coefficient (Wildman–Crippen LogP) is 4.29. The molecule has 3 aromatic carbocycles. The number of carbonyl (C=O) groups excluding carboxylic acids is 2. The van der Waals surface area contributed by atoms with Crippen molar-refractivity contribution in [3.63, 3.8) is 0 Å². The summed E-state index contributed by atoms with van der Waals surface area (Å²) in [5.41, 5.74) is 8.87. The first-order chi connectivity index (χ1) is 14.0. The molecule has 0 aromatic heterocycles. The third kappa shape index (κ3) is 2.55. The number of carbonyl (C=O) groups is 2. The van der Waals surface area contributed by atoms with Gasteiger partial charge in [0.1, 0.15) is 6.07 Å². The fourth-order valence-corrected chi connectivity index (χ4v) is 4.00. The average molecular weight is 386 g/mol. The summed E-state index contributed by atoms with van der Waals surface area (Å²) < 4.78 is 10.4. The fourth-order valence-electron chi connectivity index (χ4n) is 4.00. The highest BCUT2D eigenvalue weighted by Crippen LogP contribution is 2.52. The van der Waals surface area contributed by atoms with Crippen LogP contribution in [0.25, 0.3) is 33.0 Å². The van der Waals surface area contributed by atoms with Crippen molar-refractivity contribution in [2.75, 3.05) is 18.9 Å². The van der Waals surface area contributed by atoms with Gasteiger partial charge in [-0.1, -0.05) is 36.4 Å². The third-order valence-electron chi connectivity index (χ3n) is 5.05. The van der Waals surface area contributed by atoms with Gasteiger partial charge in [0.15, 0.2) is 0 Å². The first-order valence-electron chi connectivity index (χ1n) is 9.31. The molecule has 29 heavy (non-hydrogen) atoms. The van der Waals surface area contributed by atoms with Crippen LogP contribution in [0, 0.1) is 11.3 Å². The fraction of sp³-hybridized carbons (Fsp3) is 0.174. The molecule has 0 saturated heterocycles. The van der Waals surface area contributed by atoms with Gasteiger partial charge in [-0.25, -0.2) is 9.59 Å². The SMILES string of the molecule is CCOC(=O)c1c(N)c(C#N)c2c(c1C(=O)OCC)-c1cccc3cccc-2c13. The van der Waals surface area contributed by atoms with E-state index in [0.29, 0.717) is 11.1 Å². The maximum absolute atomic E-state index is 13.0. The zero-order valence-corrected chi connectivity index (χ0v) is 16.0. The summed E-state index contributed by atoms with van der Waals surface area (Å²) in [4.78, 5) is 25.7. The molecule has 0 bridgehead atoms. The Balaban J connectivity index is 2.21. The van der Waals surface area contributed by atoms with Crippen LogP contribution in [0.5, 0.6) is 0 Å². The zero-order chi connectivity index (χ0) is 20.7. The Morgan fingerprint density at radius 3 is 2.03 bits per heavy atom. The number of benzene rings is 3. The molecule has 0 heterocycles. The number of nitrogens with zero attached hydrogens (tertiary/aromatic N) is 1. The van der Waals surface area contributed by atoms with E-state index in [-0.39, 0.29) is 35.6 Å². The molecule has 0 unspecified atom stereocenters. The third-order valence-corrected chi connectivity index (χ3v) is 5.05. The molecule has 4 rings (SSSR count). The van der Waals surface area contributed by atoms with Gasteiger partial charge in [0.25, 0.3) is 0 Å². The second-order valence-corrected chi connectivity index (χ2v) is 6.55. The van der Waals surface area contributed by atoms with Crippen LogP contribution in [0.1, 0.15) is 40.1 Å². The molecule has 1 aliphatic carbocycles. The second-order valence-electron chi connectivity index (χ2n) is 6.55. The number of ether oxygens (including phenoxy) is 2. The Morgan fingerprint density at radius 2 is 1.48 bits per heavy atom. The molecule has 0 aliphatic heterocycles. The lowest BCUT2D eigenvalue weighted by atomic mass is 9.88. The summed E-state index contributed by atoms with van der Waals surface area (Å²) in [6.07, 6.45) is 0. The van der Waals surface area contributed by atoms with Crippen LogP contribution in [0.2, 0.25) is 0 Å². The molecule has 0 atom stereocenters. The van der Waals surface area contributed by atoms with E-state index < -0.39 is 11.9 Å². The van der Waals surface area contributed by atoms with Crippen molar-refractivity contribution in [1.82, 2.24) is 0 Å². The Labute approximate surface area is 167 Å². The molecular formula is C23H18N2O4. The van der Waals surface area contributed by atoms with Gasteiger partial charge in [-0.05, 0) is 35.7 Å². The minimum absolute atomic E-state index is 0.0421. The van der Waals surface area contributed by atoms with Crippen LogP contribution in [-0.4, -0.2) is 25.2 Å². The van der Waals surface area contributed by atoms with Crippen LogP contribution in [0.3, 0.4) is 0 Å². The van der Waals surface area contributed by atoms with E-state index in [2.05, 4.69) is 6.07 Å². The average Bonchev–Trinajstić information content (AvgIpc) is 3.04. The molecule has 2 N–H and O–H groups in total. The van der Waals surface area contributed by atoms with E-state index in [9.17, 15) is 14.9 Å². The predicted molar refractivity (Wildman–Crippen MR) is 109 cm³/mol. The number of hydrogen-bond acceptors (Lipinski definition) is 6. The summed E-state index contributed by atoms with van der Waals surface area (Å²) in [7, 11) is 0. The lowest BCUT2D eigenvalue weighted by molar-refractivity contribution is 0.0480. The van der Waals surface area contributed by atoms with Gasteiger partial charge >= 0.3 is 11.9 Å². The number of nitrogens with two attached hydrogens (primary N) is 1. The largest absolute Gasteiger partial charge is 0.462 e. The number of esters is 2.